The molecule has 0 amide bonds. The Hall–Kier alpha value is -2.56. The molecule has 3 heterocycles. The third kappa shape index (κ3) is 2.86. The van der Waals surface area contributed by atoms with E-state index in [0.717, 1.165) is 35.6 Å². The van der Waals surface area contributed by atoms with Crippen LogP contribution in [-0.2, 0) is 19.5 Å². The maximum Gasteiger partial charge on any atom is 0.129 e. The van der Waals surface area contributed by atoms with Gasteiger partial charge < -0.3 is 14.4 Å². The number of fused-ring (bicyclic) bond motifs is 1. The van der Waals surface area contributed by atoms with Crippen LogP contribution in [0.25, 0.3) is 11.3 Å². The number of rotatable bonds is 4. The van der Waals surface area contributed by atoms with Crippen LogP contribution in [-0.4, -0.2) is 14.7 Å². The maximum absolute atomic E-state index is 4.95. The van der Waals surface area contributed by atoms with Crippen molar-refractivity contribution in [2.45, 2.75) is 39.3 Å². The van der Waals surface area contributed by atoms with Gasteiger partial charge in [-0.2, -0.15) is 0 Å². The Kier molecular flexibility index (Phi) is 3.61. The molecular formula is C18H20N4O. The highest BCUT2D eigenvalue weighted by Gasteiger charge is 2.13. The van der Waals surface area contributed by atoms with Crippen LogP contribution in [0.4, 0.5) is 5.69 Å². The predicted octanol–water partition coefficient (Wildman–Crippen LogP) is 3.79. The Labute approximate surface area is 135 Å². The van der Waals surface area contributed by atoms with E-state index < -0.39 is 0 Å². The molecule has 0 unspecified atom stereocenters. The van der Waals surface area contributed by atoms with E-state index in [4.69, 9.17) is 9.51 Å². The lowest BCUT2D eigenvalue weighted by atomic mass is 10.1. The minimum atomic E-state index is 0.716. The van der Waals surface area contributed by atoms with Gasteiger partial charge in [0.1, 0.15) is 12.1 Å². The second kappa shape index (κ2) is 5.91. The van der Waals surface area contributed by atoms with Crippen molar-refractivity contribution in [2.75, 3.05) is 5.32 Å². The fraction of sp³-hybridized carbons (Fsp3) is 0.333. The first-order valence-electron chi connectivity index (χ1n) is 8.10. The van der Waals surface area contributed by atoms with Gasteiger partial charge in [-0.25, -0.2) is 4.98 Å². The lowest BCUT2D eigenvalue weighted by Gasteiger charge is -2.11. The molecule has 118 valence electrons. The van der Waals surface area contributed by atoms with Crippen LogP contribution in [0.5, 0.6) is 0 Å². The van der Waals surface area contributed by atoms with E-state index >= 15 is 0 Å². The molecule has 0 radical (unpaired) electrons. The Morgan fingerprint density at radius 3 is 2.83 bits per heavy atom. The van der Waals surface area contributed by atoms with Crippen LogP contribution in [0.15, 0.2) is 41.2 Å². The fourth-order valence-corrected chi connectivity index (χ4v) is 2.99. The topological polar surface area (TPSA) is 55.9 Å². The molecule has 23 heavy (non-hydrogen) atoms. The number of hydrogen-bond donors (Lipinski definition) is 1. The SMILES string of the molecule is Cc1nocc1CNc1ccc(-c2cn3c(n2)CCCC3)cc1. The lowest BCUT2D eigenvalue weighted by molar-refractivity contribution is 0.414. The van der Waals surface area contributed by atoms with Crippen molar-refractivity contribution in [1.82, 2.24) is 14.7 Å². The quantitative estimate of drug-likeness (QED) is 0.796. The number of aromatic nitrogens is 3. The van der Waals surface area contributed by atoms with E-state index in [1.165, 1.54) is 24.2 Å². The molecule has 2 aromatic heterocycles. The average molecular weight is 308 g/mol. The zero-order valence-corrected chi connectivity index (χ0v) is 13.2. The van der Waals surface area contributed by atoms with Crippen molar-refractivity contribution >= 4 is 5.69 Å². The Bertz CT molecular complexity index is 777. The monoisotopic (exact) mass is 308 g/mol. The first-order valence-corrected chi connectivity index (χ1v) is 8.10. The summed E-state index contributed by atoms with van der Waals surface area (Å²) < 4.78 is 7.24. The molecule has 0 bridgehead atoms. The third-order valence-electron chi connectivity index (χ3n) is 4.42. The molecule has 5 heteroatoms. The van der Waals surface area contributed by atoms with Gasteiger partial charge in [0, 0.05) is 42.5 Å². The number of nitrogens with zero attached hydrogens (tertiary/aromatic N) is 3. The van der Waals surface area contributed by atoms with E-state index in [-0.39, 0.29) is 0 Å². The molecule has 0 aliphatic carbocycles. The number of nitrogens with one attached hydrogen (secondary N) is 1. The van der Waals surface area contributed by atoms with Crippen LogP contribution in [0, 0.1) is 6.92 Å². The molecule has 1 aliphatic rings. The molecular weight excluding hydrogens is 288 g/mol. The highest BCUT2D eigenvalue weighted by molar-refractivity contribution is 5.62. The summed E-state index contributed by atoms with van der Waals surface area (Å²) in [5.41, 5.74) is 5.33. The van der Waals surface area contributed by atoms with Crippen LogP contribution < -0.4 is 5.32 Å². The molecule has 0 fully saturated rings. The Balaban J connectivity index is 1.47. The van der Waals surface area contributed by atoms with Crippen LogP contribution in [0.1, 0.15) is 29.9 Å². The van der Waals surface area contributed by atoms with E-state index in [1.54, 1.807) is 6.26 Å². The normalized spacial score (nSPS) is 13.8. The van der Waals surface area contributed by atoms with Gasteiger partial charge >= 0.3 is 0 Å². The van der Waals surface area contributed by atoms with Gasteiger partial charge in [-0.15, -0.1) is 0 Å². The van der Waals surface area contributed by atoms with Gasteiger partial charge in [0.15, 0.2) is 0 Å². The summed E-state index contributed by atoms with van der Waals surface area (Å²) in [6.45, 7) is 3.76. The highest BCUT2D eigenvalue weighted by atomic mass is 16.5. The smallest absolute Gasteiger partial charge is 0.129 e. The Morgan fingerprint density at radius 1 is 1.22 bits per heavy atom. The second-order valence-corrected chi connectivity index (χ2v) is 6.05. The van der Waals surface area contributed by atoms with Gasteiger partial charge in [0.05, 0.1) is 11.4 Å². The summed E-state index contributed by atoms with van der Waals surface area (Å²) in [4.78, 5) is 4.77. The predicted molar refractivity (Wildman–Crippen MR) is 89.2 cm³/mol. The summed E-state index contributed by atoms with van der Waals surface area (Å²) in [5, 5.41) is 7.28. The first-order chi connectivity index (χ1) is 11.3. The molecule has 0 atom stereocenters. The van der Waals surface area contributed by atoms with E-state index in [9.17, 15) is 0 Å². The zero-order valence-electron chi connectivity index (χ0n) is 13.2. The van der Waals surface area contributed by atoms with Crippen molar-refractivity contribution < 1.29 is 4.52 Å². The van der Waals surface area contributed by atoms with Gasteiger partial charge in [0.25, 0.3) is 0 Å². The van der Waals surface area contributed by atoms with E-state index in [1.807, 2.05) is 6.92 Å². The molecule has 1 aliphatic heterocycles. The lowest BCUT2D eigenvalue weighted by Crippen LogP contribution is -2.08. The minimum Gasteiger partial charge on any atom is -0.381 e. The first kappa shape index (κ1) is 14.1. The summed E-state index contributed by atoms with van der Waals surface area (Å²) in [7, 11) is 0. The average Bonchev–Trinajstić information content (AvgIpc) is 3.19. The highest BCUT2D eigenvalue weighted by Crippen LogP contribution is 2.24. The number of anilines is 1. The number of imidazole rings is 1. The summed E-state index contributed by atoms with van der Waals surface area (Å²) in [6, 6.07) is 8.43. The number of aryl methyl sites for hydroxylation is 3. The van der Waals surface area contributed by atoms with Gasteiger partial charge in [-0.3, -0.25) is 0 Å². The molecule has 1 N–H and O–H groups in total. The van der Waals surface area contributed by atoms with E-state index in [2.05, 4.69) is 45.5 Å². The van der Waals surface area contributed by atoms with Crippen molar-refractivity contribution in [3.05, 3.63) is 53.8 Å². The zero-order chi connectivity index (χ0) is 15.6. The molecule has 3 aromatic rings. The van der Waals surface area contributed by atoms with Crippen molar-refractivity contribution in [3.63, 3.8) is 0 Å². The van der Waals surface area contributed by atoms with Crippen LogP contribution in [0.2, 0.25) is 0 Å². The summed E-state index contributed by atoms with van der Waals surface area (Å²) in [5.74, 6) is 1.22. The molecule has 0 spiro atoms. The number of benzene rings is 1. The van der Waals surface area contributed by atoms with Gasteiger partial charge in [-0.05, 0) is 31.9 Å². The molecule has 4 rings (SSSR count). The van der Waals surface area contributed by atoms with Crippen molar-refractivity contribution in [2.24, 2.45) is 0 Å². The molecule has 5 nitrogen and oxygen atoms in total. The van der Waals surface area contributed by atoms with Crippen molar-refractivity contribution in [3.8, 4) is 11.3 Å². The van der Waals surface area contributed by atoms with Crippen LogP contribution >= 0.6 is 0 Å². The standard InChI is InChI=1S/C18H20N4O/c1-13-15(12-23-21-13)10-19-16-7-5-14(6-8-16)17-11-22-9-3-2-4-18(22)20-17/h5-8,11-12,19H,2-4,9-10H2,1H3. The van der Waals surface area contributed by atoms with Crippen molar-refractivity contribution in [1.29, 1.82) is 0 Å². The molecule has 0 saturated carbocycles. The Morgan fingerprint density at radius 2 is 2.09 bits per heavy atom. The summed E-state index contributed by atoms with van der Waals surface area (Å²) >= 11 is 0. The van der Waals surface area contributed by atoms with Gasteiger partial charge in [0.2, 0.25) is 0 Å². The molecule has 0 saturated heterocycles. The number of hydrogen-bond acceptors (Lipinski definition) is 4. The third-order valence-corrected chi connectivity index (χ3v) is 4.42. The fourth-order valence-electron chi connectivity index (χ4n) is 2.99. The molecule has 1 aromatic carbocycles. The second-order valence-electron chi connectivity index (χ2n) is 6.05. The summed E-state index contributed by atoms with van der Waals surface area (Å²) in [6.07, 6.45) is 7.47. The van der Waals surface area contributed by atoms with Crippen LogP contribution in [0.3, 0.4) is 0 Å². The maximum atomic E-state index is 4.95. The van der Waals surface area contributed by atoms with E-state index in [0.29, 0.717) is 6.54 Å². The minimum absolute atomic E-state index is 0.716. The van der Waals surface area contributed by atoms with Gasteiger partial charge in [-0.1, -0.05) is 17.3 Å². The largest absolute Gasteiger partial charge is 0.381 e.